The molecule has 3 rings (SSSR count). The molecule has 2 heterocycles. The zero-order valence-corrected chi connectivity index (χ0v) is 11.6. The van der Waals surface area contributed by atoms with Crippen LogP contribution in [0, 0.1) is 5.92 Å². The van der Waals surface area contributed by atoms with Gasteiger partial charge in [0.1, 0.15) is 5.82 Å². The highest BCUT2D eigenvalue weighted by atomic mass is 79.9. The van der Waals surface area contributed by atoms with Crippen LogP contribution in [-0.2, 0) is 0 Å². The Bertz CT molecular complexity index is 364. The van der Waals surface area contributed by atoms with E-state index in [1.165, 1.54) is 25.7 Å². The van der Waals surface area contributed by atoms with Crippen molar-refractivity contribution < 1.29 is 0 Å². The van der Waals surface area contributed by atoms with Crippen molar-refractivity contribution in [2.45, 2.75) is 31.6 Å². The number of hydrogen-bond acceptors (Lipinski definition) is 4. The fourth-order valence-electron chi connectivity index (χ4n) is 2.23. The summed E-state index contributed by atoms with van der Waals surface area (Å²) in [6.07, 6.45) is 5.21. The number of alkyl halides is 1. The molecule has 3 nitrogen and oxygen atoms in total. The van der Waals surface area contributed by atoms with Crippen molar-refractivity contribution in [1.29, 1.82) is 0 Å². The lowest BCUT2D eigenvalue weighted by molar-refractivity contribution is 0.454. The molecule has 0 spiro atoms. The molecule has 0 radical (unpaired) electrons. The largest absolute Gasteiger partial charge is 0.347 e. The Balaban J connectivity index is 1.70. The summed E-state index contributed by atoms with van der Waals surface area (Å²) in [4.78, 5) is 7.10. The second-order valence-corrected chi connectivity index (χ2v) is 6.20. The molecule has 5 heteroatoms. The van der Waals surface area contributed by atoms with Crippen LogP contribution in [0.4, 0.5) is 5.13 Å². The summed E-state index contributed by atoms with van der Waals surface area (Å²) in [5.74, 6) is 2.56. The highest BCUT2D eigenvalue weighted by molar-refractivity contribution is 9.09. The summed E-state index contributed by atoms with van der Waals surface area (Å²) in [6, 6.07) is 0. The zero-order chi connectivity index (χ0) is 11.0. The summed E-state index contributed by atoms with van der Waals surface area (Å²) in [7, 11) is 0. The van der Waals surface area contributed by atoms with E-state index in [0.717, 1.165) is 35.3 Å². The van der Waals surface area contributed by atoms with Crippen LogP contribution < -0.4 is 4.90 Å². The summed E-state index contributed by atoms with van der Waals surface area (Å²) in [5.41, 5.74) is 0. The fraction of sp³-hybridized carbons (Fsp3) is 0.818. The van der Waals surface area contributed by atoms with Gasteiger partial charge >= 0.3 is 0 Å². The van der Waals surface area contributed by atoms with Crippen LogP contribution in [0.2, 0.25) is 0 Å². The normalized spacial score (nSPS) is 26.1. The zero-order valence-electron chi connectivity index (χ0n) is 9.23. The van der Waals surface area contributed by atoms with E-state index in [4.69, 9.17) is 0 Å². The molecule has 0 N–H and O–H groups in total. The van der Waals surface area contributed by atoms with E-state index in [1.54, 1.807) is 11.5 Å². The van der Waals surface area contributed by atoms with E-state index in [9.17, 15) is 0 Å². The summed E-state index contributed by atoms with van der Waals surface area (Å²) < 4.78 is 4.48. The van der Waals surface area contributed by atoms with Gasteiger partial charge in [-0.3, -0.25) is 0 Å². The molecule has 1 saturated carbocycles. The maximum atomic E-state index is 4.68. The average Bonchev–Trinajstić information content (AvgIpc) is 3.07. The van der Waals surface area contributed by atoms with Gasteiger partial charge < -0.3 is 4.90 Å². The molecule has 2 aliphatic rings. The molecular formula is C11H16BrN3S. The summed E-state index contributed by atoms with van der Waals surface area (Å²) in [5, 5.41) is 2.25. The van der Waals surface area contributed by atoms with E-state index < -0.39 is 0 Å². The van der Waals surface area contributed by atoms with Crippen LogP contribution in [0.25, 0.3) is 0 Å². The van der Waals surface area contributed by atoms with Crippen molar-refractivity contribution in [3.05, 3.63) is 5.82 Å². The molecule has 1 aliphatic heterocycles. The second-order valence-electron chi connectivity index (χ2n) is 4.82. The Morgan fingerprint density at radius 2 is 2.25 bits per heavy atom. The van der Waals surface area contributed by atoms with Gasteiger partial charge in [0.15, 0.2) is 0 Å². The van der Waals surface area contributed by atoms with Crippen LogP contribution >= 0.6 is 27.5 Å². The van der Waals surface area contributed by atoms with E-state index in [1.807, 2.05) is 0 Å². The van der Waals surface area contributed by atoms with Gasteiger partial charge in [-0.15, -0.1) is 0 Å². The first-order valence-corrected chi connectivity index (χ1v) is 7.91. The van der Waals surface area contributed by atoms with Gasteiger partial charge in [-0.25, -0.2) is 4.98 Å². The molecule has 1 aromatic rings. The third kappa shape index (κ3) is 2.25. The predicted octanol–water partition coefficient (Wildman–Crippen LogP) is 3.03. The maximum Gasteiger partial charge on any atom is 0.205 e. The van der Waals surface area contributed by atoms with Gasteiger partial charge in [-0.05, 0) is 31.6 Å². The van der Waals surface area contributed by atoms with Crippen LogP contribution in [-0.4, -0.2) is 27.8 Å². The molecule has 2 fully saturated rings. The number of piperidine rings is 1. The van der Waals surface area contributed by atoms with E-state index >= 15 is 0 Å². The number of rotatable bonds is 3. The second kappa shape index (κ2) is 4.61. The third-order valence-electron chi connectivity index (χ3n) is 3.38. The number of aromatic nitrogens is 2. The number of anilines is 1. The fourth-order valence-corrected chi connectivity index (χ4v) is 3.54. The highest BCUT2D eigenvalue weighted by Gasteiger charge is 2.29. The first-order valence-electron chi connectivity index (χ1n) is 6.01. The van der Waals surface area contributed by atoms with Crippen molar-refractivity contribution in [2.24, 2.45) is 5.92 Å². The SMILES string of the molecule is BrCC1CCCN(c2nc(C3CC3)ns2)C1. The molecule has 1 atom stereocenters. The van der Waals surface area contributed by atoms with Gasteiger partial charge in [0, 0.05) is 35.9 Å². The quantitative estimate of drug-likeness (QED) is 0.804. The van der Waals surface area contributed by atoms with Crippen LogP contribution in [0.5, 0.6) is 0 Å². The number of nitrogens with zero attached hydrogens (tertiary/aromatic N) is 3. The van der Waals surface area contributed by atoms with Gasteiger partial charge in [0.25, 0.3) is 0 Å². The van der Waals surface area contributed by atoms with Crippen LogP contribution in [0.15, 0.2) is 0 Å². The van der Waals surface area contributed by atoms with Gasteiger partial charge in [0.2, 0.25) is 5.13 Å². The number of hydrogen-bond donors (Lipinski definition) is 0. The monoisotopic (exact) mass is 301 g/mol. The minimum Gasteiger partial charge on any atom is -0.347 e. The molecule has 0 bridgehead atoms. The van der Waals surface area contributed by atoms with Gasteiger partial charge in [-0.1, -0.05) is 15.9 Å². The van der Waals surface area contributed by atoms with E-state index in [2.05, 4.69) is 30.2 Å². The summed E-state index contributed by atoms with van der Waals surface area (Å²) >= 11 is 5.18. The van der Waals surface area contributed by atoms with Crippen LogP contribution in [0.3, 0.4) is 0 Å². The van der Waals surface area contributed by atoms with Crippen molar-refractivity contribution in [3.8, 4) is 0 Å². The lowest BCUT2D eigenvalue weighted by atomic mass is 10.0. The predicted molar refractivity (Wildman–Crippen MR) is 70.6 cm³/mol. The maximum absolute atomic E-state index is 4.68. The Labute approximate surface area is 109 Å². The Morgan fingerprint density at radius 3 is 3.00 bits per heavy atom. The topological polar surface area (TPSA) is 29.0 Å². The first-order chi connectivity index (χ1) is 7.86. The van der Waals surface area contributed by atoms with Gasteiger partial charge in [-0.2, -0.15) is 4.37 Å². The average molecular weight is 302 g/mol. The molecule has 88 valence electrons. The van der Waals surface area contributed by atoms with Crippen molar-refractivity contribution in [2.75, 3.05) is 23.3 Å². The van der Waals surface area contributed by atoms with Gasteiger partial charge in [0.05, 0.1) is 0 Å². The Morgan fingerprint density at radius 1 is 1.38 bits per heavy atom. The molecule has 0 amide bonds. The van der Waals surface area contributed by atoms with E-state index in [-0.39, 0.29) is 0 Å². The lowest BCUT2D eigenvalue weighted by Crippen LogP contribution is -2.35. The minimum atomic E-state index is 0.682. The highest BCUT2D eigenvalue weighted by Crippen LogP contribution is 2.40. The van der Waals surface area contributed by atoms with Crippen LogP contribution in [0.1, 0.15) is 37.4 Å². The minimum absolute atomic E-state index is 0.682. The van der Waals surface area contributed by atoms with Crippen molar-refractivity contribution >= 4 is 32.6 Å². The summed E-state index contributed by atoms with van der Waals surface area (Å²) in [6.45, 7) is 2.30. The number of halogens is 1. The lowest BCUT2D eigenvalue weighted by Gasteiger charge is -2.31. The standard InChI is InChI=1S/C11H16BrN3S/c12-6-8-2-1-5-15(7-8)11-13-10(14-16-11)9-3-4-9/h8-9H,1-7H2. The molecule has 1 aromatic heterocycles. The Kier molecular flexibility index (Phi) is 3.16. The molecule has 1 aliphatic carbocycles. The molecular weight excluding hydrogens is 286 g/mol. The van der Waals surface area contributed by atoms with Crippen molar-refractivity contribution in [3.63, 3.8) is 0 Å². The van der Waals surface area contributed by atoms with E-state index in [0.29, 0.717) is 5.92 Å². The Hall–Kier alpha value is -0.160. The third-order valence-corrected chi connectivity index (χ3v) is 5.09. The van der Waals surface area contributed by atoms with Crippen molar-refractivity contribution in [1.82, 2.24) is 9.36 Å². The smallest absolute Gasteiger partial charge is 0.205 e. The molecule has 0 aromatic carbocycles. The molecule has 16 heavy (non-hydrogen) atoms. The molecule has 1 saturated heterocycles. The first kappa shape index (κ1) is 11.0. The molecule has 1 unspecified atom stereocenters.